The standard InChI is InChI=1S/C79H90N11O14P/c1-46-60-29-33-66(71-79(60)45-64(90(46)2)59-28-32-65(98-3)70(104-71)69(59)79)103-78(97)63(31-35-68(92)86-37-8-10-40-100-56-24-18-48(19-25-56)77(96)102-58-27-21-50-42-54(73(83)84)15-13-52(50)44-58)89-75(94)62(88-74(93)61(80)11-5-6-38-87-105-4)30-34-67(91)85-36-7-9-39-99-55-22-16-47(17-23-55)76(95)101-57-26-20-49-41-53(72(81)82)14-12-51(49)43-57/h12-28,32-33,41-44,46,60-64,71,87H,4-11,29-31,34-40,45,80H2,1-3H3,(H3,81,82)(H3,83,84)(H,85,91)(H,86,92)(H,88,93)(H,89,94)/t46-,60+,61+,62?,63?,64?,71+,79+/m1/s1. The Bertz CT molecular complexity index is 4460. The minimum Gasteiger partial charge on any atom is -0.494 e. The Morgan fingerprint density at radius 2 is 1.12 bits per heavy atom. The van der Waals surface area contributed by atoms with Crippen LogP contribution in [0.4, 0.5) is 0 Å². The third-order valence-corrected chi connectivity index (χ3v) is 20.5. The Labute approximate surface area is 610 Å². The van der Waals surface area contributed by atoms with E-state index in [0.29, 0.717) is 121 Å². The Balaban J connectivity index is 0.691. The zero-order valence-corrected chi connectivity index (χ0v) is 60.0. The zero-order valence-electron chi connectivity index (χ0n) is 59.1. The summed E-state index contributed by atoms with van der Waals surface area (Å²) in [6.07, 6.45) is 9.27. The molecule has 7 aromatic rings. The first-order valence-corrected chi connectivity index (χ1v) is 36.6. The highest BCUT2D eigenvalue weighted by molar-refractivity contribution is 7.34. The molecule has 0 radical (unpaired) electrons. The average Bonchev–Trinajstić information content (AvgIpc) is 1.50. The zero-order chi connectivity index (χ0) is 74.3. The highest BCUT2D eigenvalue weighted by atomic mass is 31.1. The molecule has 13 N–H and O–H groups in total. The van der Waals surface area contributed by atoms with Gasteiger partial charge < -0.3 is 71.6 Å². The number of amides is 4. The van der Waals surface area contributed by atoms with E-state index in [1.165, 1.54) is 0 Å². The number of nitrogen functional groups attached to an aromatic ring is 2. The molecule has 1 spiro atoms. The van der Waals surface area contributed by atoms with Crippen molar-refractivity contribution < 1.29 is 66.7 Å². The molecule has 7 aromatic carbocycles. The van der Waals surface area contributed by atoms with Crippen LogP contribution in [0.1, 0.15) is 139 Å². The molecule has 1 fully saturated rings. The number of nitrogens with zero attached hydrogens (tertiary/aromatic N) is 1. The van der Waals surface area contributed by atoms with Gasteiger partial charge in [-0.1, -0.05) is 55.2 Å². The van der Waals surface area contributed by atoms with Crippen molar-refractivity contribution in [2.75, 3.05) is 47.0 Å². The smallest absolute Gasteiger partial charge is 0.343 e. The maximum Gasteiger partial charge on any atom is 0.343 e. The monoisotopic (exact) mass is 1450 g/mol. The van der Waals surface area contributed by atoms with E-state index in [-0.39, 0.29) is 74.2 Å². The van der Waals surface area contributed by atoms with Crippen molar-refractivity contribution in [2.24, 2.45) is 23.1 Å². The van der Waals surface area contributed by atoms with Crippen molar-refractivity contribution >= 4 is 89.4 Å². The summed E-state index contributed by atoms with van der Waals surface area (Å²) >= 11 is 0. The van der Waals surface area contributed by atoms with Crippen LogP contribution in [0, 0.1) is 16.7 Å². The van der Waals surface area contributed by atoms with Gasteiger partial charge in [0, 0.05) is 61.2 Å². The quantitative estimate of drug-likeness (QED) is 0.00433. The van der Waals surface area contributed by atoms with Crippen LogP contribution < -0.4 is 72.0 Å². The molecule has 0 saturated carbocycles. The number of allylic oxidation sites excluding steroid dienone is 1. The molecule has 11 rings (SSSR count). The number of ether oxygens (including phenoxy) is 7. The number of nitrogens with two attached hydrogens (primary N) is 3. The highest BCUT2D eigenvalue weighted by Crippen LogP contribution is 2.69. The van der Waals surface area contributed by atoms with Crippen LogP contribution >= 0.6 is 8.35 Å². The minimum atomic E-state index is -1.42. The molecule has 2 aliphatic heterocycles. The summed E-state index contributed by atoms with van der Waals surface area (Å²) in [5, 5.41) is 33.3. The molecule has 1 saturated heterocycles. The van der Waals surface area contributed by atoms with Gasteiger partial charge in [-0.05, 0) is 217 Å². The van der Waals surface area contributed by atoms with Gasteiger partial charge in [-0.3, -0.25) is 40.0 Å². The number of fused-ring (bicyclic) bond motifs is 4. The number of methoxy groups -OCH3 is 1. The van der Waals surface area contributed by atoms with Gasteiger partial charge >= 0.3 is 17.9 Å². The lowest BCUT2D eigenvalue weighted by molar-refractivity contribution is -0.147. The minimum absolute atomic E-state index is 0.0399. The van der Waals surface area contributed by atoms with Gasteiger partial charge in [0.15, 0.2) is 17.6 Å². The molecular weight excluding hydrogens is 1360 g/mol. The van der Waals surface area contributed by atoms with Crippen LogP contribution in [0.5, 0.6) is 34.5 Å². The molecule has 550 valence electrons. The number of hydrogen-bond acceptors (Lipinski definition) is 19. The van der Waals surface area contributed by atoms with E-state index in [0.717, 1.165) is 53.9 Å². The lowest BCUT2D eigenvalue weighted by Gasteiger charge is -2.51. The summed E-state index contributed by atoms with van der Waals surface area (Å²) in [7, 11) is 4.50. The predicted molar refractivity (Wildman–Crippen MR) is 400 cm³/mol. The number of likely N-dealkylation sites (tertiary alicyclic amines) is 1. The highest BCUT2D eigenvalue weighted by Gasteiger charge is 2.68. The SMILES string of the molecule is C=PNCCCC[C@H](N)C(=O)NC(CCC(=O)NCCCCOc1ccc(C(=O)Oc2ccc3cc(C(=N)N)ccc3c2)cc1)C(=O)NC(CCC(=O)NCCCCOc1ccc(C(=O)Oc2ccc3cc(C(=N)N)ccc3c2)cc1)C(=O)OC1=CC[C@H]2[C@@H](C)N(C)C3C[C@@]24c2c3ccc(OC)c2O[C@@H]14. The second kappa shape index (κ2) is 34.7. The van der Waals surface area contributed by atoms with Crippen molar-refractivity contribution in [3.05, 3.63) is 179 Å². The number of benzene rings is 7. The first-order chi connectivity index (χ1) is 50.7. The van der Waals surface area contributed by atoms with Gasteiger partial charge in [-0.25, -0.2) is 14.4 Å². The van der Waals surface area contributed by atoms with E-state index in [1.807, 2.05) is 24.3 Å². The summed E-state index contributed by atoms with van der Waals surface area (Å²) in [6, 6.07) is 34.6. The van der Waals surface area contributed by atoms with Crippen LogP contribution in [-0.2, 0) is 34.1 Å². The molecular formula is C79H90N11O14P. The Kier molecular flexibility index (Phi) is 24.9. The molecule has 2 bridgehead atoms. The largest absolute Gasteiger partial charge is 0.494 e. The first-order valence-electron chi connectivity index (χ1n) is 35.5. The van der Waals surface area contributed by atoms with Crippen molar-refractivity contribution in [3.8, 4) is 34.5 Å². The number of unbranched alkanes of at least 4 members (excludes halogenated alkanes) is 3. The topological polar surface area (TPSA) is 373 Å². The van der Waals surface area contributed by atoms with E-state index >= 15 is 0 Å². The fraction of sp³-hybridized carbons (Fsp3) is 0.367. The molecule has 4 aliphatic rings. The van der Waals surface area contributed by atoms with E-state index in [1.54, 1.807) is 116 Å². The van der Waals surface area contributed by atoms with Crippen molar-refractivity contribution in [1.82, 2.24) is 31.3 Å². The number of nitrogens with one attached hydrogen (secondary N) is 7. The van der Waals surface area contributed by atoms with Gasteiger partial charge in [0.1, 0.15) is 52.5 Å². The number of rotatable bonds is 37. The molecule has 26 heteroatoms. The summed E-state index contributed by atoms with van der Waals surface area (Å²) in [4.78, 5) is 99.3. The van der Waals surface area contributed by atoms with Crippen LogP contribution in [-0.4, -0.2) is 142 Å². The molecule has 0 aromatic heterocycles. The molecule has 105 heavy (non-hydrogen) atoms. The van der Waals surface area contributed by atoms with Crippen molar-refractivity contribution in [2.45, 2.75) is 132 Å². The summed E-state index contributed by atoms with van der Waals surface area (Å²) in [5.41, 5.74) is 21.2. The first kappa shape index (κ1) is 75.4. The van der Waals surface area contributed by atoms with Crippen LogP contribution in [0.15, 0.2) is 145 Å². The van der Waals surface area contributed by atoms with Crippen LogP contribution in [0.3, 0.4) is 0 Å². The molecule has 25 nitrogen and oxygen atoms in total. The average molecular weight is 1450 g/mol. The number of carbonyl (C=O) groups is 7. The number of piperidine rings is 1. The van der Waals surface area contributed by atoms with Crippen molar-refractivity contribution in [1.29, 1.82) is 10.8 Å². The van der Waals surface area contributed by atoms with E-state index in [4.69, 9.17) is 61.2 Å². The number of amidine groups is 2. The molecule has 4 amide bonds. The molecule has 8 atom stereocenters. The fourth-order valence-corrected chi connectivity index (χ4v) is 14.6. The summed E-state index contributed by atoms with van der Waals surface area (Å²) in [6.45, 7) is 4.03. The normalized spacial score (nSPS) is 18.3. The van der Waals surface area contributed by atoms with Crippen molar-refractivity contribution in [3.63, 3.8) is 0 Å². The van der Waals surface area contributed by atoms with Gasteiger partial charge in [0.25, 0.3) is 0 Å². The Morgan fingerprint density at radius 3 is 1.67 bits per heavy atom. The molecule has 2 heterocycles. The van der Waals surface area contributed by atoms with Gasteiger partial charge in [-0.2, -0.15) is 0 Å². The maximum absolute atomic E-state index is 14.9. The second-order valence-electron chi connectivity index (χ2n) is 26.9. The van der Waals surface area contributed by atoms with Crippen LogP contribution in [0.25, 0.3) is 21.5 Å². The summed E-state index contributed by atoms with van der Waals surface area (Å²) in [5.74, 6) is -0.883. The Hall–Kier alpha value is -10.7. The lowest BCUT2D eigenvalue weighted by atomic mass is 9.60. The van der Waals surface area contributed by atoms with Crippen LogP contribution in [0.2, 0.25) is 0 Å². The molecule has 3 unspecified atom stereocenters. The summed E-state index contributed by atoms with van der Waals surface area (Å²) < 4.78 is 42.2. The second-order valence-corrected chi connectivity index (χ2v) is 27.5. The van der Waals surface area contributed by atoms with E-state index in [9.17, 15) is 33.6 Å². The lowest BCUT2D eigenvalue weighted by Crippen LogP contribution is -2.58. The number of esters is 3. The predicted octanol–water partition coefficient (Wildman–Crippen LogP) is 9.09. The third-order valence-electron chi connectivity index (χ3n) is 20.1. The van der Waals surface area contributed by atoms with Gasteiger partial charge in [0.05, 0.1) is 42.9 Å². The number of hydrogen-bond donors (Lipinski definition) is 10. The Morgan fingerprint density at radius 1 is 0.619 bits per heavy atom. The van der Waals surface area contributed by atoms with Gasteiger partial charge in [-0.15, -0.1) is 0 Å². The maximum atomic E-state index is 14.9. The third kappa shape index (κ3) is 18.1. The van der Waals surface area contributed by atoms with E-state index < -0.39 is 71.2 Å². The van der Waals surface area contributed by atoms with E-state index in [2.05, 4.69) is 57.6 Å². The molecule has 2 aliphatic carbocycles. The number of carbonyl (C=O) groups excluding carboxylic acids is 7. The van der Waals surface area contributed by atoms with Gasteiger partial charge in [0.2, 0.25) is 23.6 Å². The fourth-order valence-electron chi connectivity index (χ4n) is 14.3.